The Hall–Kier alpha value is -3.44. The first-order chi connectivity index (χ1) is 13.6. The molecule has 0 unspecified atom stereocenters. The van der Waals surface area contributed by atoms with Crippen molar-refractivity contribution >= 4 is 36.1 Å². The topological polar surface area (TPSA) is 121 Å². The molecule has 1 fully saturated rings. The van der Waals surface area contributed by atoms with E-state index in [1.54, 1.807) is 0 Å². The first-order valence-electron chi connectivity index (χ1n) is 8.41. The number of hydrogen-bond acceptors (Lipinski definition) is 8. The predicted octanol–water partition coefficient (Wildman–Crippen LogP) is 1.59. The van der Waals surface area contributed by atoms with Crippen LogP contribution in [-0.4, -0.2) is 34.9 Å². The monoisotopic (exact) mass is 409 g/mol. The number of nitrogens with zero attached hydrogens (tertiary/aromatic N) is 1. The number of carbonyl (C=O) groups excluding carboxylic acids is 3. The summed E-state index contributed by atoms with van der Waals surface area (Å²) in [4.78, 5) is 47.3. The maximum atomic E-state index is 13.8. The highest BCUT2D eigenvalue weighted by molar-refractivity contribution is 6.44. The fraction of sp³-hybridized carbons (Fsp3) is 0.294. The minimum absolute atomic E-state index is 0.252. The zero-order chi connectivity index (χ0) is 21.5. The van der Waals surface area contributed by atoms with Gasteiger partial charge in [0.25, 0.3) is 11.9 Å². The van der Waals surface area contributed by atoms with Gasteiger partial charge in [-0.1, -0.05) is 0 Å². The van der Waals surface area contributed by atoms with E-state index in [0.717, 1.165) is 20.0 Å². The third-order valence-electron chi connectivity index (χ3n) is 4.07. The molecule has 152 valence electrons. The van der Waals surface area contributed by atoms with Gasteiger partial charge in [0.15, 0.2) is 11.6 Å². The lowest BCUT2D eigenvalue weighted by Crippen LogP contribution is -2.35. The lowest BCUT2D eigenvalue weighted by molar-refractivity contribution is -0.139. The molecule has 29 heavy (non-hydrogen) atoms. The normalized spacial score (nSPS) is 13.1. The molecule has 0 amide bonds. The van der Waals surface area contributed by atoms with Gasteiger partial charge in [-0.05, 0) is 18.9 Å². The van der Waals surface area contributed by atoms with E-state index in [-0.39, 0.29) is 11.6 Å². The average Bonchev–Trinajstić information content (AvgIpc) is 3.44. The molecule has 1 heterocycles. The van der Waals surface area contributed by atoms with Crippen molar-refractivity contribution in [1.29, 1.82) is 0 Å². The number of fused-ring (bicyclic) bond motifs is 1. The van der Waals surface area contributed by atoms with E-state index in [1.165, 1.54) is 4.57 Å². The van der Waals surface area contributed by atoms with Crippen LogP contribution in [0.15, 0.2) is 17.1 Å². The van der Waals surface area contributed by atoms with Gasteiger partial charge in [0.1, 0.15) is 5.56 Å². The second-order valence-corrected chi connectivity index (χ2v) is 6.34. The molecule has 1 N–H and O–H groups in total. The average molecular weight is 409 g/mol. The number of carbonyl (C=O) groups is 3. The summed E-state index contributed by atoms with van der Waals surface area (Å²) in [6.45, 7) is 1.95. The van der Waals surface area contributed by atoms with Crippen molar-refractivity contribution in [3.05, 3.63) is 39.7 Å². The molecule has 0 spiro atoms. The van der Waals surface area contributed by atoms with Crippen LogP contribution in [0.2, 0.25) is 0 Å². The van der Waals surface area contributed by atoms with E-state index < -0.39 is 59.0 Å². The number of benzene rings is 1. The van der Waals surface area contributed by atoms with Crippen LogP contribution in [0.5, 0.6) is 5.75 Å². The van der Waals surface area contributed by atoms with Gasteiger partial charge >= 0.3 is 13.3 Å². The maximum absolute atomic E-state index is 13.8. The van der Waals surface area contributed by atoms with Gasteiger partial charge in [-0.3, -0.25) is 14.4 Å². The molecule has 3 rings (SSSR count). The van der Waals surface area contributed by atoms with Gasteiger partial charge in [-0.15, -0.1) is 0 Å². The Kier molecular flexibility index (Phi) is 5.27. The molecular weight excluding hydrogens is 395 g/mol. The Morgan fingerprint density at radius 2 is 1.72 bits per heavy atom. The third-order valence-corrected chi connectivity index (χ3v) is 4.07. The Bertz CT molecular complexity index is 1080. The fourth-order valence-electron chi connectivity index (χ4n) is 2.73. The minimum atomic E-state index is -2.04. The second-order valence-electron chi connectivity index (χ2n) is 6.34. The number of hydrogen-bond donors (Lipinski definition) is 1. The fourth-order valence-corrected chi connectivity index (χ4v) is 2.73. The Labute approximate surface area is 161 Å². The first-order valence-corrected chi connectivity index (χ1v) is 8.41. The molecule has 0 saturated heterocycles. The van der Waals surface area contributed by atoms with Crippen molar-refractivity contribution in [3.63, 3.8) is 0 Å². The van der Waals surface area contributed by atoms with Crippen molar-refractivity contribution in [1.82, 2.24) is 4.57 Å². The van der Waals surface area contributed by atoms with E-state index in [4.69, 9.17) is 4.65 Å². The molecule has 1 aliphatic rings. The zero-order valence-electron chi connectivity index (χ0n) is 15.2. The van der Waals surface area contributed by atoms with Gasteiger partial charge in [0.2, 0.25) is 11.2 Å². The number of phenolic OH excluding ortho intramolecular Hbond substituents is 1. The number of aromatic nitrogens is 1. The molecule has 2 aromatic rings. The molecule has 0 aliphatic heterocycles. The van der Waals surface area contributed by atoms with Gasteiger partial charge in [0.05, 0.1) is 10.9 Å². The number of pyridine rings is 1. The molecule has 0 atom stereocenters. The van der Waals surface area contributed by atoms with Gasteiger partial charge in [0, 0.05) is 26.1 Å². The summed E-state index contributed by atoms with van der Waals surface area (Å²) in [5.74, 6) is -7.24. The van der Waals surface area contributed by atoms with E-state index in [9.17, 15) is 33.1 Å². The SMILES string of the molecule is CC(=O)OB(OC(C)=O)OC(=O)c1cn(C2CC2)c2c(O)c(F)c(F)cc2c1=O. The lowest BCUT2D eigenvalue weighted by atomic mass is 10.1. The zero-order valence-corrected chi connectivity index (χ0v) is 15.2. The van der Waals surface area contributed by atoms with Crippen LogP contribution < -0.4 is 5.43 Å². The van der Waals surface area contributed by atoms with Crippen LogP contribution in [0.3, 0.4) is 0 Å². The molecule has 1 saturated carbocycles. The maximum Gasteiger partial charge on any atom is 0.870 e. The van der Waals surface area contributed by atoms with Gasteiger partial charge < -0.3 is 23.6 Å². The minimum Gasteiger partial charge on any atom is -0.503 e. The first kappa shape index (κ1) is 20.3. The van der Waals surface area contributed by atoms with Gasteiger partial charge in [-0.25, -0.2) is 9.18 Å². The summed E-state index contributed by atoms with van der Waals surface area (Å²) in [5.41, 5.74) is -1.93. The van der Waals surface area contributed by atoms with Crippen LogP contribution >= 0.6 is 0 Å². The molecule has 9 nitrogen and oxygen atoms in total. The molecule has 0 bridgehead atoms. The van der Waals surface area contributed by atoms with E-state index >= 15 is 0 Å². The quantitative estimate of drug-likeness (QED) is 0.740. The summed E-state index contributed by atoms with van der Waals surface area (Å²) in [6, 6.07) is 0.316. The second kappa shape index (κ2) is 7.53. The smallest absolute Gasteiger partial charge is 0.503 e. The number of aromatic hydroxyl groups is 1. The number of rotatable bonds is 5. The van der Waals surface area contributed by atoms with E-state index in [0.29, 0.717) is 18.9 Å². The number of phenols is 1. The van der Waals surface area contributed by atoms with E-state index in [1.807, 2.05) is 0 Å². The highest BCUT2D eigenvalue weighted by atomic mass is 19.2. The Morgan fingerprint density at radius 1 is 1.14 bits per heavy atom. The van der Waals surface area contributed by atoms with Crippen molar-refractivity contribution in [3.8, 4) is 5.75 Å². The Balaban J connectivity index is 2.09. The summed E-state index contributed by atoms with van der Waals surface area (Å²) >= 11 is 0. The van der Waals surface area contributed by atoms with Crippen LogP contribution in [0.1, 0.15) is 43.1 Å². The Morgan fingerprint density at radius 3 is 2.24 bits per heavy atom. The lowest BCUT2D eigenvalue weighted by Gasteiger charge is -2.15. The summed E-state index contributed by atoms with van der Waals surface area (Å²) in [5, 5.41) is 9.54. The van der Waals surface area contributed by atoms with Crippen LogP contribution in [0, 0.1) is 11.6 Å². The molecule has 1 aliphatic carbocycles. The molecule has 1 aromatic carbocycles. The highest BCUT2D eigenvalue weighted by Crippen LogP contribution is 2.40. The van der Waals surface area contributed by atoms with Crippen molar-refractivity contribution in [2.45, 2.75) is 32.7 Å². The van der Waals surface area contributed by atoms with Crippen molar-refractivity contribution in [2.75, 3.05) is 0 Å². The summed E-state index contributed by atoms with van der Waals surface area (Å²) in [7, 11) is -2.04. The molecule has 0 radical (unpaired) electrons. The largest absolute Gasteiger partial charge is 0.870 e. The molecular formula is C17H14BF2NO8. The number of halogens is 2. The van der Waals surface area contributed by atoms with Crippen LogP contribution in [0.25, 0.3) is 10.9 Å². The molecule has 12 heteroatoms. The van der Waals surface area contributed by atoms with Crippen LogP contribution in [0.4, 0.5) is 8.78 Å². The molecule has 1 aromatic heterocycles. The summed E-state index contributed by atoms with van der Waals surface area (Å²) < 4.78 is 42.7. The summed E-state index contributed by atoms with van der Waals surface area (Å²) in [6.07, 6.45) is 2.27. The van der Waals surface area contributed by atoms with Crippen LogP contribution in [-0.2, 0) is 23.6 Å². The van der Waals surface area contributed by atoms with Gasteiger partial charge in [-0.2, -0.15) is 4.39 Å². The predicted molar refractivity (Wildman–Crippen MR) is 92.8 cm³/mol. The van der Waals surface area contributed by atoms with E-state index in [2.05, 4.69) is 9.31 Å². The third kappa shape index (κ3) is 4.05. The standard InChI is InChI=1S/C17H14BF2NO8/c1-7(22)27-18(28-8(2)23)29-17(26)11-6-21(9-3-4-9)14-10(15(11)24)5-12(19)13(20)16(14)25/h5-6,9,25H,3-4H2,1-2H3. The van der Waals surface area contributed by atoms with Crippen molar-refractivity contribution < 1.29 is 42.2 Å². The highest BCUT2D eigenvalue weighted by Gasteiger charge is 2.37. The van der Waals surface area contributed by atoms with Crippen molar-refractivity contribution in [2.24, 2.45) is 0 Å².